The Morgan fingerprint density at radius 1 is 1.32 bits per heavy atom. The number of nitrogens with zero attached hydrogens (tertiary/aromatic N) is 2. The molecule has 28 heavy (non-hydrogen) atoms. The molecule has 1 aromatic carbocycles. The summed E-state index contributed by atoms with van der Waals surface area (Å²) in [5.41, 5.74) is 1.29. The van der Waals surface area contributed by atoms with E-state index in [4.69, 9.17) is 14.2 Å². The Labute approximate surface area is 164 Å². The molecule has 0 unspecified atom stereocenters. The van der Waals surface area contributed by atoms with Crippen LogP contribution in [-0.4, -0.2) is 42.2 Å². The van der Waals surface area contributed by atoms with E-state index >= 15 is 0 Å². The summed E-state index contributed by atoms with van der Waals surface area (Å²) >= 11 is 1.21. The lowest BCUT2D eigenvalue weighted by molar-refractivity contribution is -0.143. The van der Waals surface area contributed by atoms with Gasteiger partial charge in [-0.3, -0.25) is 14.4 Å². The van der Waals surface area contributed by atoms with E-state index in [2.05, 4.69) is 10.3 Å². The van der Waals surface area contributed by atoms with Crippen molar-refractivity contribution in [2.45, 2.75) is 20.4 Å². The highest BCUT2D eigenvalue weighted by Gasteiger charge is 2.17. The van der Waals surface area contributed by atoms with Crippen LogP contribution in [0.5, 0.6) is 0 Å². The number of ether oxygens (including phenoxy) is 3. The van der Waals surface area contributed by atoms with Gasteiger partial charge in [0.05, 0.1) is 16.8 Å². The molecular formula is C18H19N3O6S. The third-order valence-corrected chi connectivity index (χ3v) is 4.69. The molecule has 1 aromatic heterocycles. The zero-order chi connectivity index (χ0) is 20.1. The SMILES string of the molecule is CCOC(=O)Cn1c(=NC(=O)C2=COCCO2)sc2cc(NC(C)=O)ccc21. The molecule has 0 bridgehead atoms. The Balaban J connectivity index is 2.06. The normalized spacial score (nSPS) is 14.1. The van der Waals surface area contributed by atoms with Gasteiger partial charge in [0.15, 0.2) is 4.80 Å². The van der Waals surface area contributed by atoms with Gasteiger partial charge in [0.1, 0.15) is 26.0 Å². The fourth-order valence-corrected chi connectivity index (χ4v) is 3.62. The van der Waals surface area contributed by atoms with Gasteiger partial charge in [0.2, 0.25) is 11.7 Å². The third kappa shape index (κ3) is 4.58. The number of aromatic nitrogens is 1. The van der Waals surface area contributed by atoms with Gasteiger partial charge in [-0.25, -0.2) is 0 Å². The number of thiazole rings is 1. The predicted octanol–water partition coefficient (Wildman–Crippen LogP) is 1.54. The summed E-state index contributed by atoms with van der Waals surface area (Å²) in [7, 11) is 0. The van der Waals surface area contributed by atoms with E-state index in [1.165, 1.54) is 24.5 Å². The van der Waals surface area contributed by atoms with Crippen molar-refractivity contribution in [3.63, 3.8) is 0 Å². The molecule has 1 aliphatic heterocycles. The second-order valence-electron chi connectivity index (χ2n) is 5.76. The number of carbonyl (C=O) groups is 3. The van der Waals surface area contributed by atoms with E-state index in [9.17, 15) is 14.4 Å². The smallest absolute Gasteiger partial charge is 0.326 e. The van der Waals surface area contributed by atoms with Crippen LogP contribution >= 0.6 is 11.3 Å². The largest absolute Gasteiger partial charge is 0.494 e. The van der Waals surface area contributed by atoms with E-state index < -0.39 is 11.9 Å². The molecule has 1 aliphatic rings. The zero-order valence-electron chi connectivity index (χ0n) is 15.4. The summed E-state index contributed by atoms with van der Waals surface area (Å²) in [4.78, 5) is 40.1. The molecule has 2 amide bonds. The van der Waals surface area contributed by atoms with E-state index in [1.54, 1.807) is 29.7 Å². The lowest BCUT2D eigenvalue weighted by atomic mass is 10.3. The highest BCUT2D eigenvalue weighted by molar-refractivity contribution is 7.16. The summed E-state index contributed by atoms with van der Waals surface area (Å²) in [5, 5.41) is 2.70. The Morgan fingerprint density at radius 2 is 2.14 bits per heavy atom. The van der Waals surface area contributed by atoms with Crippen LogP contribution in [0.1, 0.15) is 13.8 Å². The van der Waals surface area contributed by atoms with Crippen LogP contribution < -0.4 is 10.1 Å². The molecule has 0 aliphatic carbocycles. The maximum atomic E-state index is 12.4. The number of rotatable bonds is 5. The highest BCUT2D eigenvalue weighted by atomic mass is 32.1. The van der Waals surface area contributed by atoms with E-state index in [0.717, 1.165) is 4.70 Å². The Bertz CT molecular complexity index is 1020. The molecule has 148 valence electrons. The van der Waals surface area contributed by atoms with Gasteiger partial charge in [-0.05, 0) is 25.1 Å². The minimum atomic E-state index is -0.606. The number of anilines is 1. The first-order chi connectivity index (χ1) is 13.5. The zero-order valence-corrected chi connectivity index (χ0v) is 16.2. The van der Waals surface area contributed by atoms with Crippen molar-refractivity contribution in [2.75, 3.05) is 25.1 Å². The average molecular weight is 405 g/mol. The molecule has 2 heterocycles. The molecule has 0 spiro atoms. The number of fused-ring (bicyclic) bond motifs is 1. The molecule has 1 N–H and O–H groups in total. The third-order valence-electron chi connectivity index (χ3n) is 3.65. The number of nitrogens with one attached hydrogen (secondary N) is 1. The number of hydrogen-bond donors (Lipinski definition) is 1. The molecule has 0 radical (unpaired) electrons. The summed E-state index contributed by atoms with van der Waals surface area (Å²) < 4.78 is 17.7. The van der Waals surface area contributed by atoms with Crippen LogP contribution in [0.3, 0.4) is 0 Å². The van der Waals surface area contributed by atoms with Crippen LogP contribution in [-0.2, 0) is 35.1 Å². The van der Waals surface area contributed by atoms with Crippen molar-refractivity contribution in [1.82, 2.24) is 4.57 Å². The van der Waals surface area contributed by atoms with Crippen molar-refractivity contribution in [1.29, 1.82) is 0 Å². The predicted molar refractivity (Wildman–Crippen MR) is 101 cm³/mol. The summed E-state index contributed by atoms with van der Waals surface area (Å²) in [6, 6.07) is 5.22. The van der Waals surface area contributed by atoms with Crippen molar-refractivity contribution < 1.29 is 28.6 Å². The van der Waals surface area contributed by atoms with Gasteiger partial charge in [0.25, 0.3) is 0 Å². The van der Waals surface area contributed by atoms with Crippen molar-refractivity contribution >= 4 is 45.0 Å². The molecule has 0 saturated carbocycles. The Hall–Kier alpha value is -3.14. The number of amides is 2. The molecular weight excluding hydrogens is 386 g/mol. The van der Waals surface area contributed by atoms with Crippen molar-refractivity contribution in [3.8, 4) is 0 Å². The Kier molecular flexibility index (Phi) is 6.09. The first kappa shape index (κ1) is 19.6. The average Bonchev–Trinajstić information content (AvgIpc) is 2.98. The first-order valence-corrected chi connectivity index (χ1v) is 9.40. The maximum absolute atomic E-state index is 12.4. The lowest BCUT2D eigenvalue weighted by Gasteiger charge is -2.12. The minimum Gasteiger partial charge on any atom is -0.494 e. The fraction of sp³-hybridized carbons (Fsp3) is 0.333. The molecule has 0 fully saturated rings. The summed E-state index contributed by atoms with van der Waals surface area (Å²) in [6.07, 6.45) is 1.23. The molecule has 3 rings (SSSR count). The summed E-state index contributed by atoms with van der Waals surface area (Å²) in [6.45, 7) is 3.92. The van der Waals surface area contributed by atoms with Gasteiger partial charge < -0.3 is 24.1 Å². The Morgan fingerprint density at radius 3 is 2.82 bits per heavy atom. The topological polar surface area (TPSA) is 108 Å². The second kappa shape index (κ2) is 8.70. The quantitative estimate of drug-likeness (QED) is 0.756. The van der Waals surface area contributed by atoms with Crippen LogP contribution in [0.2, 0.25) is 0 Å². The second-order valence-corrected chi connectivity index (χ2v) is 6.77. The number of benzene rings is 1. The highest BCUT2D eigenvalue weighted by Crippen LogP contribution is 2.22. The molecule has 2 aromatic rings. The maximum Gasteiger partial charge on any atom is 0.326 e. The lowest BCUT2D eigenvalue weighted by Crippen LogP contribution is -2.24. The minimum absolute atomic E-state index is 0.00493. The molecule has 10 heteroatoms. The van der Waals surface area contributed by atoms with Crippen LogP contribution in [0.25, 0.3) is 10.2 Å². The van der Waals surface area contributed by atoms with E-state index in [0.29, 0.717) is 22.6 Å². The standard InChI is InChI=1S/C18H19N3O6S/c1-3-26-16(23)9-21-13-5-4-12(19-11(2)22)8-15(13)28-18(21)20-17(24)14-10-25-6-7-27-14/h4-5,8,10H,3,6-7,9H2,1-2H3,(H,19,22). The first-order valence-electron chi connectivity index (χ1n) is 8.58. The van der Waals surface area contributed by atoms with Crippen LogP contribution in [0.4, 0.5) is 5.69 Å². The van der Waals surface area contributed by atoms with Gasteiger partial charge in [-0.2, -0.15) is 4.99 Å². The van der Waals surface area contributed by atoms with E-state index in [1.807, 2.05) is 0 Å². The molecule has 9 nitrogen and oxygen atoms in total. The van der Waals surface area contributed by atoms with Crippen LogP contribution in [0, 0.1) is 0 Å². The van der Waals surface area contributed by atoms with E-state index in [-0.39, 0.29) is 31.4 Å². The van der Waals surface area contributed by atoms with Crippen molar-refractivity contribution in [2.24, 2.45) is 4.99 Å². The number of carbonyl (C=O) groups excluding carboxylic acids is 3. The monoisotopic (exact) mass is 405 g/mol. The molecule has 0 saturated heterocycles. The summed E-state index contributed by atoms with van der Waals surface area (Å²) in [5.74, 6) is -1.24. The molecule has 0 atom stereocenters. The van der Waals surface area contributed by atoms with Gasteiger partial charge in [-0.1, -0.05) is 11.3 Å². The van der Waals surface area contributed by atoms with Crippen molar-refractivity contribution in [3.05, 3.63) is 35.0 Å². The van der Waals surface area contributed by atoms with Gasteiger partial charge >= 0.3 is 11.9 Å². The van der Waals surface area contributed by atoms with Crippen LogP contribution in [0.15, 0.2) is 35.2 Å². The van der Waals surface area contributed by atoms with Gasteiger partial charge in [-0.15, -0.1) is 0 Å². The van der Waals surface area contributed by atoms with Gasteiger partial charge in [0, 0.05) is 12.6 Å². The number of esters is 1. The number of hydrogen-bond acceptors (Lipinski definition) is 7. The fourth-order valence-electron chi connectivity index (χ4n) is 2.55.